The van der Waals surface area contributed by atoms with Crippen molar-refractivity contribution in [3.63, 3.8) is 0 Å². The first-order chi connectivity index (χ1) is 13.2. The van der Waals surface area contributed by atoms with Gasteiger partial charge in [-0.1, -0.05) is 0 Å². The van der Waals surface area contributed by atoms with Crippen molar-refractivity contribution in [3.05, 3.63) is 48.7 Å². The first-order valence-corrected chi connectivity index (χ1v) is 8.71. The van der Waals surface area contributed by atoms with Crippen LogP contribution in [0.5, 0.6) is 0 Å². The molecule has 0 spiro atoms. The molecule has 0 bridgehead atoms. The molecule has 1 amide bonds. The van der Waals surface area contributed by atoms with Crippen molar-refractivity contribution in [2.45, 2.75) is 19.1 Å². The summed E-state index contributed by atoms with van der Waals surface area (Å²) in [6.07, 6.45) is 6.27. The average Bonchev–Trinajstić information content (AvgIpc) is 3.39. The molecule has 0 aliphatic carbocycles. The van der Waals surface area contributed by atoms with Crippen LogP contribution in [0.4, 0.5) is 20.7 Å². The van der Waals surface area contributed by atoms with Crippen LogP contribution in [0.15, 0.2) is 43.0 Å². The lowest BCUT2D eigenvalue weighted by Gasteiger charge is -2.15. The van der Waals surface area contributed by atoms with Gasteiger partial charge in [-0.05, 0) is 24.6 Å². The second-order valence-electron chi connectivity index (χ2n) is 6.60. The van der Waals surface area contributed by atoms with Gasteiger partial charge in [-0.15, -0.1) is 12.4 Å². The Labute approximate surface area is 166 Å². The average molecular weight is 402 g/mol. The van der Waals surface area contributed by atoms with Crippen molar-refractivity contribution >= 4 is 29.9 Å². The van der Waals surface area contributed by atoms with Gasteiger partial charge in [0.25, 0.3) is 0 Å². The van der Waals surface area contributed by atoms with E-state index >= 15 is 0 Å². The highest BCUT2D eigenvalue weighted by Crippen LogP contribution is 2.27. The van der Waals surface area contributed by atoms with Crippen LogP contribution in [-0.2, 0) is 6.54 Å². The highest BCUT2D eigenvalue weighted by molar-refractivity contribution is 5.96. The Morgan fingerprint density at radius 1 is 1.14 bits per heavy atom. The number of hydrogen-bond acceptors (Lipinski definition) is 6. The third-order valence-corrected chi connectivity index (χ3v) is 4.83. The number of carbonyl (C=O) groups excluding carboxylic acids is 1. The third kappa shape index (κ3) is 3.07. The Morgan fingerprint density at radius 2 is 2.04 bits per heavy atom. The SMILES string of the molecule is Cl.O=C1N(c2cccnc2)Cc2cc(-c3cnc(N4CC[C@H](F)C4)cn3)nn21. The van der Waals surface area contributed by atoms with Crippen LogP contribution in [0, 0.1) is 0 Å². The summed E-state index contributed by atoms with van der Waals surface area (Å²) in [5.41, 5.74) is 2.69. The number of fused-ring (bicyclic) bond motifs is 1. The molecule has 0 N–H and O–H groups in total. The molecule has 10 heteroatoms. The molecular formula is C18H17ClFN7O. The van der Waals surface area contributed by atoms with Crippen LogP contribution in [0.2, 0.25) is 0 Å². The molecule has 1 saturated heterocycles. The quantitative estimate of drug-likeness (QED) is 0.671. The summed E-state index contributed by atoms with van der Waals surface area (Å²) in [6.45, 7) is 1.42. The number of aromatic nitrogens is 5. The number of amides is 1. The summed E-state index contributed by atoms with van der Waals surface area (Å²) in [5.74, 6) is 0.657. The van der Waals surface area contributed by atoms with Gasteiger partial charge in [-0.25, -0.2) is 19.2 Å². The lowest BCUT2D eigenvalue weighted by atomic mass is 10.3. The van der Waals surface area contributed by atoms with Crippen LogP contribution in [-0.4, -0.2) is 50.0 Å². The van der Waals surface area contributed by atoms with Gasteiger partial charge in [0.05, 0.1) is 43.1 Å². The van der Waals surface area contributed by atoms with E-state index in [-0.39, 0.29) is 18.4 Å². The van der Waals surface area contributed by atoms with Crippen molar-refractivity contribution in [1.82, 2.24) is 24.7 Å². The number of pyridine rings is 1. The van der Waals surface area contributed by atoms with E-state index in [1.54, 1.807) is 35.8 Å². The molecule has 0 radical (unpaired) electrons. The van der Waals surface area contributed by atoms with E-state index < -0.39 is 6.17 Å². The van der Waals surface area contributed by atoms with Gasteiger partial charge in [-0.3, -0.25) is 9.88 Å². The molecule has 28 heavy (non-hydrogen) atoms. The van der Waals surface area contributed by atoms with Gasteiger partial charge < -0.3 is 4.90 Å². The van der Waals surface area contributed by atoms with Gasteiger partial charge >= 0.3 is 6.03 Å². The predicted octanol–water partition coefficient (Wildman–Crippen LogP) is 2.69. The fraction of sp³-hybridized carbons (Fsp3) is 0.278. The smallest absolute Gasteiger partial charge is 0.349 e. The zero-order valence-electron chi connectivity index (χ0n) is 14.8. The van der Waals surface area contributed by atoms with E-state index in [9.17, 15) is 9.18 Å². The van der Waals surface area contributed by atoms with E-state index in [0.29, 0.717) is 43.3 Å². The summed E-state index contributed by atoms with van der Waals surface area (Å²) >= 11 is 0. The lowest BCUT2D eigenvalue weighted by molar-refractivity contribution is 0.248. The van der Waals surface area contributed by atoms with Gasteiger partial charge in [0.1, 0.15) is 23.4 Å². The zero-order valence-corrected chi connectivity index (χ0v) is 15.6. The molecular weight excluding hydrogens is 385 g/mol. The topological polar surface area (TPSA) is 80.0 Å². The maximum absolute atomic E-state index is 13.3. The van der Waals surface area contributed by atoms with E-state index in [1.807, 2.05) is 17.0 Å². The summed E-state index contributed by atoms with van der Waals surface area (Å²) < 4.78 is 14.7. The van der Waals surface area contributed by atoms with Crippen molar-refractivity contribution in [2.75, 3.05) is 22.9 Å². The molecule has 2 aliphatic rings. The highest BCUT2D eigenvalue weighted by Gasteiger charge is 2.31. The number of alkyl halides is 1. The van der Waals surface area contributed by atoms with Gasteiger partial charge in [0, 0.05) is 12.7 Å². The molecule has 3 aromatic heterocycles. The van der Waals surface area contributed by atoms with Crippen molar-refractivity contribution in [3.8, 4) is 11.4 Å². The molecule has 0 saturated carbocycles. The normalized spacial score (nSPS) is 18.3. The fourth-order valence-electron chi connectivity index (χ4n) is 3.42. The number of carbonyl (C=O) groups is 1. The van der Waals surface area contributed by atoms with Gasteiger partial charge in [-0.2, -0.15) is 9.78 Å². The molecule has 5 rings (SSSR count). The first-order valence-electron chi connectivity index (χ1n) is 8.71. The largest absolute Gasteiger partial charge is 0.352 e. The Hall–Kier alpha value is -3.07. The molecule has 2 aliphatic heterocycles. The number of hydrogen-bond donors (Lipinski definition) is 0. The van der Waals surface area contributed by atoms with Crippen molar-refractivity contribution in [1.29, 1.82) is 0 Å². The van der Waals surface area contributed by atoms with Gasteiger partial charge in [0.15, 0.2) is 0 Å². The second kappa shape index (κ2) is 7.16. The van der Waals surface area contributed by atoms with E-state index in [2.05, 4.69) is 20.1 Å². The number of rotatable bonds is 3. The summed E-state index contributed by atoms with van der Waals surface area (Å²) in [4.78, 5) is 28.9. The second-order valence-corrected chi connectivity index (χ2v) is 6.60. The molecule has 144 valence electrons. The molecule has 0 unspecified atom stereocenters. The molecule has 1 fully saturated rings. The van der Waals surface area contributed by atoms with Crippen LogP contribution in [0.1, 0.15) is 12.1 Å². The molecule has 1 atom stereocenters. The molecule has 5 heterocycles. The lowest BCUT2D eigenvalue weighted by Crippen LogP contribution is -2.26. The minimum Gasteiger partial charge on any atom is -0.352 e. The summed E-state index contributed by atoms with van der Waals surface area (Å²) in [7, 11) is 0. The third-order valence-electron chi connectivity index (χ3n) is 4.83. The standard InChI is InChI=1S/C18H16FN7O.ClH/c19-12-3-5-24(10-12)17-9-21-16(8-22-17)15-6-14-11-25(18(27)26(14)23-15)13-2-1-4-20-7-13;/h1-2,4,6-9,12H,3,5,10-11H2;1H/t12-;/m0./s1. The van der Waals surface area contributed by atoms with E-state index in [0.717, 1.165) is 11.4 Å². The minimum atomic E-state index is -0.809. The number of halogens is 2. The predicted molar refractivity (Wildman–Crippen MR) is 103 cm³/mol. The Kier molecular flexibility index (Phi) is 4.68. The number of anilines is 2. The van der Waals surface area contributed by atoms with Crippen molar-refractivity contribution < 1.29 is 9.18 Å². The first kappa shape index (κ1) is 18.3. The summed E-state index contributed by atoms with van der Waals surface area (Å²) in [5, 5.41) is 4.39. The highest BCUT2D eigenvalue weighted by atomic mass is 35.5. The number of nitrogens with zero attached hydrogens (tertiary/aromatic N) is 7. The maximum atomic E-state index is 13.3. The Balaban J connectivity index is 0.00000192. The van der Waals surface area contributed by atoms with Crippen LogP contribution < -0.4 is 9.80 Å². The maximum Gasteiger partial charge on any atom is 0.349 e. The van der Waals surface area contributed by atoms with Crippen LogP contribution in [0.3, 0.4) is 0 Å². The van der Waals surface area contributed by atoms with E-state index in [4.69, 9.17) is 0 Å². The Morgan fingerprint density at radius 3 is 2.68 bits per heavy atom. The summed E-state index contributed by atoms with van der Waals surface area (Å²) in [6, 6.07) is 5.24. The molecule has 3 aromatic rings. The van der Waals surface area contributed by atoms with Crippen LogP contribution >= 0.6 is 12.4 Å². The van der Waals surface area contributed by atoms with E-state index in [1.165, 1.54) is 4.68 Å². The Bertz CT molecular complexity index is 995. The molecule has 8 nitrogen and oxygen atoms in total. The monoisotopic (exact) mass is 401 g/mol. The zero-order chi connectivity index (χ0) is 18.4. The molecule has 0 aromatic carbocycles. The van der Waals surface area contributed by atoms with Crippen LogP contribution in [0.25, 0.3) is 11.4 Å². The van der Waals surface area contributed by atoms with Gasteiger partial charge in [0.2, 0.25) is 0 Å². The minimum absolute atomic E-state index is 0. The van der Waals surface area contributed by atoms with Crippen molar-refractivity contribution in [2.24, 2.45) is 0 Å². The fourth-order valence-corrected chi connectivity index (χ4v) is 3.42.